The molecule has 0 heterocycles. The molecule has 0 N–H and O–H groups in total. The Morgan fingerprint density at radius 1 is 1.50 bits per heavy atom. The molecule has 18 heavy (non-hydrogen) atoms. The number of benzene rings is 1. The molecule has 0 saturated heterocycles. The van der Waals surface area contributed by atoms with Crippen LogP contribution < -0.4 is 0 Å². The van der Waals surface area contributed by atoms with Gasteiger partial charge in [0.2, 0.25) is 0 Å². The largest absolute Gasteiger partial charge is 0.465 e. The van der Waals surface area contributed by atoms with Gasteiger partial charge in [-0.3, -0.25) is 9.59 Å². The molecule has 1 aromatic rings. The average molecular weight is 311 g/mol. The van der Waals surface area contributed by atoms with Crippen molar-refractivity contribution in [1.82, 2.24) is 0 Å². The van der Waals surface area contributed by atoms with Crippen molar-refractivity contribution in [2.75, 3.05) is 6.61 Å². The maximum absolute atomic E-state index is 12.2. The minimum absolute atomic E-state index is 0.126. The molecule has 96 valence electrons. The van der Waals surface area contributed by atoms with Crippen LogP contribution in [-0.4, -0.2) is 18.4 Å². The second-order valence-corrected chi connectivity index (χ2v) is 5.27. The Bertz CT molecular complexity index is 482. The summed E-state index contributed by atoms with van der Waals surface area (Å²) < 4.78 is 5.89. The maximum Gasteiger partial charge on any atom is 0.317 e. The normalized spacial score (nSPS) is 17.7. The van der Waals surface area contributed by atoms with Gasteiger partial charge in [-0.25, -0.2) is 0 Å². The van der Waals surface area contributed by atoms with Crippen molar-refractivity contribution in [1.29, 1.82) is 0 Å². The van der Waals surface area contributed by atoms with Crippen molar-refractivity contribution in [3.05, 3.63) is 33.8 Å². The summed E-state index contributed by atoms with van der Waals surface area (Å²) >= 11 is 3.36. The minimum Gasteiger partial charge on any atom is -0.465 e. The monoisotopic (exact) mass is 310 g/mol. The molecule has 3 nitrogen and oxygen atoms in total. The summed E-state index contributed by atoms with van der Waals surface area (Å²) in [5.41, 5.74) is 1.56. The lowest BCUT2D eigenvalue weighted by atomic mass is 10.1. The summed E-state index contributed by atoms with van der Waals surface area (Å²) in [6.45, 7) is 2.43. The first-order valence-electron chi connectivity index (χ1n) is 6.13. The van der Waals surface area contributed by atoms with Crippen molar-refractivity contribution in [2.45, 2.75) is 26.2 Å². The van der Waals surface area contributed by atoms with Crippen LogP contribution in [0.4, 0.5) is 0 Å². The van der Waals surface area contributed by atoms with Crippen LogP contribution in [0.1, 0.15) is 35.7 Å². The number of unbranched alkanes of at least 4 members (excludes halogenated alkanes) is 1. The predicted molar refractivity (Wildman–Crippen MR) is 71.5 cm³/mol. The van der Waals surface area contributed by atoms with Gasteiger partial charge in [-0.15, -0.1) is 0 Å². The number of ketones is 1. The molecular weight excluding hydrogens is 296 g/mol. The van der Waals surface area contributed by atoms with Gasteiger partial charge in [-0.1, -0.05) is 41.4 Å². The van der Waals surface area contributed by atoms with Gasteiger partial charge < -0.3 is 4.74 Å². The van der Waals surface area contributed by atoms with Gasteiger partial charge in [0.15, 0.2) is 5.78 Å². The van der Waals surface area contributed by atoms with E-state index < -0.39 is 11.9 Å². The van der Waals surface area contributed by atoms with E-state index in [4.69, 9.17) is 4.74 Å². The quantitative estimate of drug-likeness (QED) is 0.487. The molecule has 4 heteroatoms. The fourth-order valence-electron chi connectivity index (χ4n) is 2.11. The first kappa shape index (κ1) is 13.3. The molecule has 0 saturated carbocycles. The molecule has 0 aliphatic heterocycles. The Balaban J connectivity index is 2.09. The second kappa shape index (κ2) is 5.65. The van der Waals surface area contributed by atoms with Crippen LogP contribution in [0.15, 0.2) is 22.7 Å². The van der Waals surface area contributed by atoms with E-state index in [1.54, 1.807) is 0 Å². The van der Waals surface area contributed by atoms with Crippen LogP contribution in [0.3, 0.4) is 0 Å². The van der Waals surface area contributed by atoms with E-state index in [0.717, 1.165) is 22.9 Å². The Hall–Kier alpha value is -1.16. The third-order valence-corrected chi connectivity index (χ3v) is 3.77. The summed E-state index contributed by atoms with van der Waals surface area (Å²) in [6.07, 6.45) is 2.26. The summed E-state index contributed by atoms with van der Waals surface area (Å²) in [4.78, 5) is 24.0. The van der Waals surface area contributed by atoms with Crippen LogP contribution in [0.5, 0.6) is 0 Å². The first-order chi connectivity index (χ1) is 8.65. The highest BCUT2D eigenvalue weighted by Gasteiger charge is 2.37. The number of hydrogen-bond donors (Lipinski definition) is 0. The van der Waals surface area contributed by atoms with Gasteiger partial charge in [0.05, 0.1) is 6.61 Å². The van der Waals surface area contributed by atoms with Crippen LogP contribution in [0.25, 0.3) is 0 Å². The highest BCUT2D eigenvalue weighted by molar-refractivity contribution is 9.10. The number of esters is 1. The van der Waals surface area contributed by atoms with Crippen molar-refractivity contribution < 1.29 is 14.3 Å². The SMILES string of the molecule is CCCCOC(=O)C1Cc2cccc(Br)c2C1=O. The number of carbonyl (C=O) groups excluding carboxylic acids is 2. The lowest BCUT2D eigenvalue weighted by Gasteiger charge is -2.08. The Morgan fingerprint density at radius 2 is 2.28 bits per heavy atom. The van der Waals surface area contributed by atoms with Crippen LogP contribution in [-0.2, 0) is 16.0 Å². The van der Waals surface area contributed by atoms with Crippen LogP contribution >= 0.6 is 15.9 Å². The molecule has 1 aromatic carbocycles. The van der Waals surface area contributed by atoms with E-state index in [1.807, 2.05) is 25.1 Å². The number of halogens is 1. The number of carbonyl (C=O) groups is 2. The Labute approximate surface area is 115 Å². The zero-order valence-corrected chi connectivity index (χ0v) is 11.8. The number of fused-ring (bicyclic) bond motifs is 1. The minimum atomic E-state index is -0.657. The number of ether oxygens (including phenoxy) is 1. The molecule has 1 aliphatic carbocycles. The molecule has 1 atom stereocenters. The van der Waals surface area contributed by atoms with E-state index in [-0.39, 0.29) is 5.78 Å². The van der Waals surface area contributed by atoms with E-state index >= 15 is 0 Å². The fourth-order valence-corrected chi connectivity index (χ4v) is 2.71. The standard InChI is InChI=1S/C14H15BrO3/c1-2-3-7-18-14(17)10-8-9-5-4-6-11(15)12(9)13(10)16/h4-6,10H,2-3,7-8H2,1H3. The molecule has 0 radical (unpaired) electrons. The Kier molecular flexibility index (Phi) is 4.17. The molecule has 1 unspecified atom stereocenters. The van der Waals surface area contributed by atoms with Crippen LogP contribution in [0.2, 0.25) is 0 Å². The van der Waals surface area contributed by atoms with E-state index in [1.165, 1.54) is 0 Å². The third kappa shape index (κ3) is 2.48. The summed E-state index contributed by atoms with van der Waals surface area (Å²) in [7, 11) is 0. The van der Waals surface area contributed by atoms with Gasteiger partial charge >= 0.3 is 5.97 Å². The van der Waals surface area contributed by atoms with Crippen molar-refractivity contribution >= 4 is 27.7 Å². The number of rotatable bonds is 4. The molecule has 0 aromatic heterocycles. The second-order valence-electron chi connectivity index (χ2n) is 4.42. The molecular formula is C14H15BrO3. The van der Waals surface area contributed by atoms with Crippen molar-refractivity contribution in [3.63, 3.8) is 0 Å². The summed E-state index contributed by atoms with van der Waals surface area (Å²) in [6, 6.07) is 5.58. The average Bonchev–Trinajstić information content (AvgIpc) is 2.68. The zero-order chi connectivity index (χ0) is 13.1. The highest BCUT2D eigenvalue weighted by atomic mass is 79.9. The maximum atomic E-state index is 12.2. The highest BCUT2D eigenvalue weighted by Crippen LogP contribution is 2.32. The topological polar surface area (TPSA) is 43.4 Å². The lowest BCUT2D eigenvalue weighted by Crippen LogP contribution is -2.23. The fraction of sp³-hybridized carbons (Fsp3) is 0.429. The van der Waals surface area contributed by atoms with E-state index in [0.29, 0.717) is 18.6 Å². The zero-order valence-electron chi connectivity index (χ0n) is 10.2. The first-order valence-corrected chi connectivity index (χ1v) is 6.92. The lowest BCUT2D eigenvalue weighted by molar-refractivity contribution is -0.146. The number of Topliss-reactive ketones (excluding diaryl/α,β-unsaturated/α-hetero) is 1. The molecule has 1 aliphatic rings. The molecule has 0 amide bonds. The van der Waals surface area contributed by atoms with Gasteiger partial charge in [0.1, 0.15) is 5.92 Å². The smallest absolute Gasteiger partial charge is 0.317 e. The van der Waals surface area contributed by atoms with Gasteiger partial charge in [0, 0.05) is 10.0 Å². The van der Waals surface area contributed by atoms with Gasteiger partial charge in [-0.05, 0) is 24.5 Å². The predicted octanol–water partition coefficient (Wildman–Crippen LogP) is 3.15. The van der Waals surface area contributed by atoms with E-state index in [9.17, 15) is 9.59 Å². The molecule has 0 bridgehead atoms. The van der Waals surface area contributed by atoms with Crippen LogP contribution in [0, 0.1) is 5.92 Å². The van der Waals surface area contributed by atoms with Crippen molar-refractivity contribution in [3.8, 4) is 0 Å². The Morgan fingerprint density at radius 3 is 2.94 bits per heavy atom. The summed E-state index contributed by atoms with van der Waals surface area (Å²) in [5.74, 6) is -1.17. The molecule has 0 fully saturated rings. The molecule has 0 spiro atoms. The van der Waals surface area contributed by atoms with Gasteiger partial charge in [-0.2, -0.15) is 0 Å². The molecule has 2 rings (SSSR count). The van der Waals surface area contributed by atoms with Crippen molar-refractivity contribution in [2.24, 2.45) is 5.92 Å². The third-order valence-electron chi connectivity index (χ3n) is 3.11. The van der Waals surface area contributed by atoms with Gasteiger partial charge in [0.25, 0.3) is 0 Å². The van der Waals surface area contributed by atoms with E-state index in [2.05, 4.69) is 15.9 Å². The summed E-state index contributed by atoms with van der Waals surface area (Å²) in [5, 5.41) is 0. The number of hydrogen-bond acceptors (Lipinski definition) is 3.